The van der Waals surface area contributed by atoms with Crippen LogP contribution in [0.5, 0.6) is 0 Å². The summed E-state index contributed by atoms with van der Waals surface area (Å²) in [5.41, 5.74) is 5.29. The Kier molecular flexibility index (Phi) is 4.55. The number of halogens is 1. The second kappa shape index (κ2) is 6.43. The number of aromatic nitrogens is 1. The Hall–Kier alpha value is -1.32. The first-order valence-electron chi connectivity index (χ1n) is 7.74. The first-order valence-corrected chi connectivity index (χ1v) is 8.94. The predicted octanol–water partition coefficient (Wildman–Crippen LogP) is 3.40. The predicted molar refractivity (Wildman–Crippen MR) is 86.7 cm³/mol. The highest BCUT2D eigenvalue weighted by Crippen LogP contribution is 2.43. The van der Waals surface area contributed by atoms with E-state index < -0.39 is 0 Å². The third kappa shape index (κ3) is 2.92. The van der Waals surface area contributed by atoms with Crippen molar-refractivity contribution in [3.63, 3.8) is 0 Å². The van der Waals surface area contributed by atoms with E-state index in [9.17, 15) is 10.1 Å². The molecular formula is C15H19ClN4OS. The smallest absolute Gasteiger partial charge is 0.220 e. The van der Waals surface area contributed by atoms with Crippen molar-refractivity contribution < 1.29 is 4.79 Å². The summed E-state index contributed by atoms with van der Waals surface area (Å²) < 4.78 is 0. The zero-order valence-corrected chi connectivity index (χ0v) is 13.9. The quantitative estimate of drug-likeness (QED) is 0.673. The second-order valence-corrected chi connectivity index (χ2v) is 7.55. The Morgan fingerprint density at radius 2 is 2.05 bits per heavy atom. The summed E-state index contributed by atoms with van der Waals surface area (Å²) in [7, 11) is 0. The van der Waals surface area contributed by atoms with Crippen LogP contribution in [0.3, 0.4) is 0 Å². The van der Waals surface area contributed by atoms with Gasteiger partial charge in [-0.3, -0.25) is 9.69 Å². The fourth-order valence-electron chi connectivity index (χ4n) is 3.33. The highest BCUT2D eigenvalue weighted by Gasteiger charge is 2.39. The van der Waals surface area contributed by atoms with Crippen LogP contribution in [0.15, 0.2) is 0 Å². The van der Waals surface area contributed by atoms with E-state index in [1.165, 1.54) is 30.6 Å². The van der Waals surface area contributed by atoms with Crippen molar-refractivity contribution in [1.29, 1.82) is 5.26 Å². The Balaban J connectivity index is 1.74. The minimum atomic E-state index is -0.283. The van der Waals surface area contributed by atoms with Gasteiger partial charge < -0.3 is 5.73 Å². The van der Waals surface area contributed by atoms with E-state index in [0.717, 1.165) is 17.7 Å². The van der Waals surface area contributed by atoms with Crippen LogP contribution in [0, 0.1) is 17.4 Å². The number of hydrogen-bond acceptors (Lipinski definition) is 5. The maximum Gasteiger partial charge on any atom is 0.220 e. The lowest BCUT2D eigenvalue weighted by Gasteiger charge is -2.37. The van der Waals surface area contributed by atoms with Gasteiger partial charge in [0.05, 0.1) is 0 Å². The number of primary amides is 1. The summed E-state index contributed by atoms with van der Waals surface area (Å²) in [6, 6.07) is 0.0175. The van der Waals surface area contributed by atoms with Crippen molar-refractivity contribution in [2.24, 2.45) is 11.7 Å². The molecule has 0 aliphatic heterocycles. The highest BCUT2D eigenvalue weighted by atomic mass is 35.5. The lowest BCUT2D eigenvalue weighted by molar-refractivity contribution is -0.124. The maximum atomic E-state index is 11.1. The van der Waals surface area contributed by atoms with Crippen LogP contribution in [-0.4, -0.2) is 16.9 Å². The first kappa shape index (κ1) is 15.6. The molecule has 0 spiro atoms. The van der Waals surface area contributed by atoms with Crippen molar-refractivity contribution in [2.75, 3.05) is 4.90 Å². The third-order valence-electron chi connectivity index (χ3n) is 4.77. The Bertz CT molecular complexity index is 599. The van der Waals surface area contributed by atoms with E-state index in [1.807, 2.05) is 0 Å². The van der Waals surface area contributed by atoms with E-state index in [4.69, 9.17) is 17.3 Å². The molecule has 0 radical (unpaired) electrons. The summed E-state index contributed by atoms with van der Waals surface area (Å²) in [6.45, 7) is 0. The molecule has 118 valence electrons. The van der Waals surface area contributed by atoms with Gasteiger partial charge in [-0.2, -0.15) is 5.26 Å². The van der Waals surface area contributed by atoms with Crippen LogP contribution >= 0.6 is 22.9 Å². The van der Waals surface area contributed by atoms with Gasteiger partial charge in [-0.05, 0) is 31.6 Å². The summed E-state index contributed by atoms with van der Waals surface area (Å²) >= 11 is 7.84. The fourth-order valence-corrected chi connectivity index (χ4v) is 4.89. The van der Waals surface area contributed by atoms with Gasteiger partial charge in [0.2, 0.25) is 11.0 Å². The van der Waals surface area contributed by atoms with Crippen LogP contribution in [0.2, 0.25) is 5.15 Å². The van der Waals surface area contributed by atoms with Gasteiger partial charge in [-0.25, -0.2) is 4.98 Å². The van der Waals surface area contributed by atoms with Gasteiger partial charge >= 0.3 is 0 Å². The average molecular weight is 339 g/mol. The molecule has 5 nitrogen and oxygen atoms in total. The van der Waals surface area contributed by atoms with Crippen molar-refractivity contribution in [2.45, 2.75) is 56.9 Å². The fraction of sp³-hybridized carbons (Fsp3) is 0.667. The van der Waals surface area contributed by atoms with Gasteiger partial charge in [-0.1, -0.05) is 42.2 Å². The molecule has 1 heterocycles. The normalized spacial score (nSPS) is 25.3. The summed E-state index contributed by atoms with van der Waals surface area (Å²) in [5, 5.41) is 10.6. The van der Waals surface area contributed by atoms with Crippen molar-refractivity contribution >= 4 is 34.0 Å². The molecule has 0 atom stereocenters. The molecule has 1 aromatic rings. The molecule has 7 heteroatoms. The number of hydrogen-bond donors (Lipinski definition) is 1. The second-order valence-electron chi connectivity index (χ2n) is 6.18. The molecule has 2 aliphatic carbocycles. The number of anilines is 1. The number of nitrogens with two attached hydrogens (primary N) is 1. The number of thiazole rings is 1. The number of nitriles is 1. The minimum Gasteiger partial charge on any atom is -0.369 e. The van der Waals surface area contributed by atoms with E-state index in [-0.39, 0.29) is 17.9 Å². The van der Waals surface area contributed by atoms with E-state index in [0.29, 0.717) is 29.0 Å². The molecule has 1 aromatic heterocycles. The summed E-state index contributed by atoms with van der Waals surface area (Å²) in [6.07, 6.45) is 9.51. The number of carbonyl (C=O) groups excluding carboxylic acids is 1. The highest BCUT2D eigenvalue weighted by molar-refractivity contribution is 7.16. The third-order valence-corrected chi connectivity index (χ3v) is 6.39. The molecular weight excluding hydrogens is 320 g/mol. The zero-order chi connectivity index (χ0) is 15.7. The van der Waals surface area contributed by atoms with Gasteiger partial charge in [0.25, 0.3) is 0 Å². The molecule has 0 aromatic carbocycles. The number of nitrogens with zero attached hydrogens (tertiary/aromatic N) is 3. The molecule has 1 amide bonds. The van der Waals surface area contributed by atoms with E-state index in [1.54, 1.807) is 4.90 Å². The lowest BCUT2D eigenvalue weighted by atomic mass is 9.79. The Morgan fingerprint density at radius 3 is 2.64 bits per heavy atom. The molecule has 2 fully saturated rings. The minimum absolute atomic E-state index is 0.0175. The molecule has 2 aliphatic rings. The van der Waals surface area contributed by atoms with Crippen LogP contribution in [-0.2, 0) is 4.79 Å². The van der Waals surface area contributed by atoms with Gasteiger partial charge in [0, 0.05) is 16.8 Å². The van der Waals surface area contributed by atoms with Crippen LogP contribution < -0.4 is 10.6 Å². The SMILES string of the molecule is N#CN(c1nc(Cl)c(C2CCCCC2)s1)C1CC(C(N)=O)C1. The standard InChI is InChI=1S/C15H19ClN4OS/c16-13-12(9-4-2-1-3-5-9)22-15(19-13)20(8-17)11-6-10(7-11)14(18)21/h9-11H,1-7H2,(H2,18,21). The van der Waals surface area contributed by atoms with Crippen LogP contribution in [0.4, 0.5) is 5.13 Å². The monoisotopic (exact) mass is 338 g/mol. The number of carbonyl (C=O) groups is 1. The van der Waals surface area contributed by atoms with Crippen LogP contribution in [0.1, 0.15) is 55.7 Å². The largest absolute Gasteiger partial charge is 0.369 e. The molecule has 2 N–H and O–H groups in total. The molecule has 0 saturated heterocycles. The van der Waals surface area contributed by atoms with Crippen molar-refractivity contribution in [1.82, 2.24) is 4.98 Å². The molecule has 3 rings (SSSR count). The Morgan fingerprint density at radius 1 is 1.36 bits per heavy atom. The van der Waals surface area contributed by atoms with Crippen molar-refractivity contribution in [3.8, 4) is 6.19 Å². The average Bonchev–Trinajstić information content (AvgIpc) is 2.84. The Labute approximate surface area is 139 Å². The van der Waals surface area contributed by atoms with E-state index in [2.05, 4.69) is 11.2 Å². The molecule has 22 heavy (non-hydrogen) atoms. The number of amides is 1. The molecule has 0 bridgehead atoms. The zero-order valence-electron chi connectivity index (χ0n) is 12.3. The summed E-state index contributed by atoms with van der Waals surface area (Å²) in [5.74, 6) is 0.0797. The summed E-state index contributed by atoms with van der Waals surface area (Å²) in [4.78, 5) is 18.2. The van der Waals surface area contributed by atoms with Crippen LogP contribution in [0.25, 0.3) is 0 Å². The van der Waals surface area contributed by atoms with Gasteiger partial charge in [0.1, 0.15) is 5.15 Å². The molecule has 2 saturated carbocycles. The van der Waals surface area contributed by atoms with Gasteiger partial charge in [0.15, 0.2) is 6.19 Å². The van der Waals surface area contributed by atoms with E-state index >= 15 is 0 Å². The lowest BCUT2D eigenvalue weighted by Crippen LogP contribution is -2.47. The maximum absolute atomic E-state index is 11.1. The van der Waals surface area contributed by atoms with Crippen molar-refractivity contribution in [3.05, 3.63) is 10.0 Å². The topological polar surface area (TPSA) is 83.0 Å². The molecule has 0 unspecified atom stereocenters. The van der Waals surface area contributed by atoms with Gasteiger partial charge in [-0.15, -0.1) is 0 Å². The number of rotatable bonds is 4. The first-order chi connectivity index (χ1) is 10.6.